The quantitative estimate of drug-likeness (QED) is 0.797. The highest BCUT2D eigenvalue weighted by atomic mass is 16.5. The van der Waals surface area contributed by atoms with Crippen molar-refractivity contribution in [3.8, 4) is 5.75 Å². The van der Waals surface area contributed by atoms with Gasteiger partial charge in [0.05, 0.1) is 7.11 Å². The molecule has 1 aromatic rings. The second kappa shape index (κ2) is 7.42. The number of methoxy groups -OCH3 is 1. The Morgan fingerprint density at radius 1 is 1.22 bits per heavy atom. The Morgan fingerprint density at radius 2 is 1.94 bits per heavy atom. The SMILES string of the molecule is CNC(CCC(C)C)Cc1cc(C)ccc1OC. The van der Waals surface area contributed by atoms with Crippen molar-refractivity contribution < 1.29 is 4.74 Å². The average Bonchev–Trinajstić information content (AvgIpc) is 2.34. The molecule has 102 valence electrons. The summed E-state index contributed by atoms with van der Waals surface area (Å²) < 4.78 is 5.44. The van der Waals surface area contributed by atoms with E-state index >= 15 is 0 Å². The monoisotopic (exact) mass is 249 g/mol. The first-order chi connectivity index (χ1) is 8.56. The molecule has 0 spiro atoms. The lowest BCUT2D eigenvalue weighted by Gasteiger charge is -2.19. The zero-order valence-electron chi connectivity index (χ0n) is 12.4. The molecule has 0 heterocycles. The van der Waals surface area contributed by atoms with Gasteiger partial charge in [-0.2, -0.15) is 0 Å². The molecule has 0 aliphatic heterocycles. The maximum Gasteiger partial charge on any atom is 0.122 e. The van der Waals surface area contributed by atoms with Gasteiger partial charge in [-0.3, -0.25) is 0 Å². The Kier molecular flexibility index (Phi) is 6.20. The highest BCUT2D eigenvalue weighted by Gasteiger charge is 2.11. The molecule has 0 aliphatic rings. The second-order valence-electron chi connectivity index (χ2n) is 5.48. The van der Waals surface area contributed by atoms with Gasteiger partial charge in [0.15, 0.2) is 0 Å². The van der Waals surface area contributed by atoms with E-state index in [0.717, 1.165) is 18.1 Å². The van der Waals surface area contributed by atoms with Crippen LogP contribution in [0.25, 0.3) is 0 Å². The van der Waals surface area contributed by atoms with Gasteiger partial charge in [0.2, 0.25) is 0 Å². The first-order valence-corrected chi connectivity index (χ1v) is 6.87. The van der Waals surface area contributed by atoms with Gasteiger partial charge in [0, 0.05) is 6.04 Å². The summed E-state index contributed by atoms with van der Waals surface area (Å²) in [4.78, 5) is 0. The Bertz CT molecular complexity index is 360. The van der Waals surface area contributed by atoms with Crippen LogP contribution in [-0.4, -0.2) is 20.2 Å². The van der Waals surface area contributed by atoms with Crippen molar-refractivity contribution in [3.05, 3.63) is 29.3 Å². The molecule has 0 aromatic heterocycles. The summed E-state index contributed by atoms with van der Waals surface area (Å²) in [6.45, 7) is 6.69. The van der Waals surface area contributed by atoms with E-state index < -0.39 is 0 Å². The molecule has 1 atom stereocenters. The van der Waals surface area contributed by atoms with Crippen LogP contribution in [0.3, 0.4) is 0 Å². The van der Waals surface area contributed by atoms with Crippen LogP contribution in [0.4, 0.5) is 0 Å². The number of benzene rings is 1. The van der Waals surface area contributed by atoms with Crippen LogP contribution >= 0.6 is 0 Å². The number of likely N-dealkylation sites (N-methyl/N-ethyl adjacent to an activating group) is 1. The van der Waals surface area contributed by atoms with E-state index in [-0.39, 0.29) is 0 Å². The molecule has 0 fully saturated rings. The number of ether oxygens (including phenoxy) is 1. The summed E-state index contributed by atoms with van der Waals surface area (Å²) in [6.07, 6.45) is 3.51. The fourth-order valence-corrected chi connectivity index (χ4v) is 2.22. The van der Waals surface area contributed by atoms with Crippen molar-refractivity contribution in [2.75, 3.05) is 14.2 Å². The zero-order valence-corrected chi connectivity index (χ0v) is 12.4. The Morgan fingerprint density at radius 3 is 2.50 bits per heavy atom. The second-order valence-corrected chi connectivity index (χ2v) is 5.48. The van der Waals surface area contributed by atoms with Gasteiger partial charge >= 0.3 is 0 Å². The summed E-state index contributed by atoms with van der Waals surface area (Å²) in [5.74, 6) is 1.77. The highest BCUT2D eigenvalue weighted by Crippen LogP contribution is 2.22. The Labute approximate surface area is 112 Å². The first kappa shape index (κ1) is 15.0. The molecule has 0 bridgehead atoms. The van der Waals surface area contributed by atoms with E-state index in [1.165, 1.54) is 24.0 Å². The molecule has 1 N–H and O–H groups in total. The van der Waals surface area contributed by atoms with E-state index in [1.807, 2.05) is 7.05 Å². The third-order valence-electron chi connectivity index (χ3n) is 3.40. The molecular weight excluding hydrogens is 222 g/mol. The minimum Gasteiger partial charge on any atom is -0.496 e. The van der Waals surface area contributed by atoms with Crippen molar-refractivity contribution in [2.24, 2.45) is 5.92 Å². The molecule has 1 unspecified atom stereocenters. The number of hydrogen-bond donors (Lipinski definition) is 1. The molecular formula is C16H27NO. The largest absolute Gasteiger partial charge is 0.496 e. The van der Waals surface area contributed by atoms with Crippen molar-refractivity contribution in [1.29, 1.82) is 0 Å². The lowest BCUT2D eigenvalue weighted by Crippen LogP contribution is -2.28. The topological polar surface area (TPSA) is 21.3 Å². The van der Waals surface area contributed by atoms with E-state index in [1.54, 1.807) is 7.11 Å². The molecule has 1 rings (SSSR count). The van der Waals surface area contributed by atoms with Gasteiger partial charge in [-0.15, -0.1) is 0 Å². The first-order valence-electron chi connectivity index (χ1n) is 6.87. The summed E-state index contributed by atoms with van der Waals surface area (Å²) in [5, 5.41) is 3.42. The third-order valence-corrected chi connectivity index (χ3v) is 3.40. The van der Waals surface area contributed by atoms with E-state index in [2.05, 4.69) is 44.3 Å². The molecule has 1 aromatic carbocycles. The average molecular weight is 249 g/mol. The van der Waals surface area contributed by atoms with Gasteiger partial charge in [-0.1, -0.05) is 31.5 Å². The van der Waals surface area contributed by atoms with Gasteiger partial charge in [0.25, 0.3) is 0 Å². The minimum absolute atomic E-state index is 0.531. The molecule has 2 heteroatoms. The molecule has 2 nitrogen and oxygen atoms in total. The smallest absolute Gasteiger partial charge is 0.122 e. The number of rotatable bonds is 7. The number of hydrogen-bond acceptors (Lipinski definition) is 2. The predicted molar refractivity (Wildman–Crippen MR) is 78.4 cm³/mol. The number of nitrogens with one attached hydrogen (secondary N) is 1. The Balaban J connectivity index is 2.71. The number of aryl methyl sites for hydroxylation is 1. The van der Waals surface area contributed by atoms with Crippen LogP contribution in [0, 0.1) is 12.8 Å². The fourth-order valence-electron chi connectivity index (χ4n) is 2.22. The normalized spacial score (nSPS) is 12.8. The lowest BCUT2D eigenvalue weighted by atomic mass is 9.96. The van der Waals surface area contributed by atoms with Crippen molar-refractivity contribution in [3.63, 3.8) is 0 Å². The van der Waals surface area contributed by atoms with Crippen molar-refractivity contribution in [2.45, 2.75) is 46.1 Å². The molecule has 0 saturated carbocycles. The van der Waals surface area contributed by atoms with E-state index in [0.29, 0.717) is 6.04 Å². The molecule has 0 saturated heterocycles. The minimum atomic E-state index is 0.531. The highest BCUT2D eigenvalue weighted by molar-refractivity contribution is 5.37. The van der Waals surface area contributed by atoms with Crippen molar-refractivity contribution >= 4 is 0 Å². The van der Waals surface area contributed by atoms with Crippen LogP contribution in [-0.2, 0) is 6.42 Å². The maximum atomic E-state index is 5.44. The van der Waals surface area contributed by atoms with Gasteiger partial charge < -0.3 is 10.1 Å². The van der Waals surface area contributed by atoms with Crippen LogP contribution in [0.5, 0.6) is 5.75 Å². The van der Waals surface area contributed by atoms with Gasteiger partial charge in [0.1, 0.15) is 5.75 Å². The summed E-state index contributed by atoms with van der Waals surface area (Å²) in [5.41, 5.74) is 2.60. The van der Waals surface area contributed by atoms with Crippen molar-refractivity contribution in [1.82, 2.24) is 5.32 Å². The molecule has 0 amide bonds. The van der Waals surface area contributed by atoms with Crippen LogP contribution < -0.4 is 10.1 Å². The van der Waals surface area contributed by atoms with Crippen LogP contribution in [0.15, 0.2) is 18.2 Å². The maximum absolute atomic E-state index is 5.44. The van der Waals surface area contributed by atoms with Crippen LogP contribution in [0.2, 0.25) is 0 Å². The fraction of sp³-hybridized carbons (Fsp3) is 0.625. The zero-order chi connectivity index (χ0) is 13.5. The van der Waals surface area contributed by atoms with Crippen LogP contribution in [0.1, 0.15) is 37.8 Å². The molecule has 0 radical (unpaired) electrons. The summed E-state index contributed by atoms with van der Waals surface area (Å²) in [6, 6.07) is 6.94. The van der Waals surface area contributed by atoms with Gasteiger partial charge in [-0.05, 0) is 50.8 Å². The molecule has 0 aliphatic carbocycles. The molecule has 18 heavy (non-hydrogen) atoms. The van der Waals surface area contributed by atoms with E-state index in [4.69, 9.17) is 4.74 Å². The van der Waals surface area contributed by atoms with Gasteiger partial charge in [-0.25, -0.2) is 0 Å². The van der Waals surface area contributed by atoms with E-state index in [9.17, 15) is 0 Å². The lowest BCUT2D eigenvalue weighted by molar-refractivity contribution is 0.400. The standard InChI is InChI=1S/C16H27NO/c1-12(2)6-8-15(17-4)11-14-10-13(3)7-9-16(14)18-5/h7,9-10,12,15,17H,6,8,11H2,1-5H3. The summed E-state index contributed by atoms with van der Waals surface area (Å²) in [7, 11) is 3.80. The predicted octanol–water partition coefficient (Wildman–Crippen LogP) is 3.57. The summed E-state index contributed by atoms with van der Waals surface area (Å²) >= 11 is 0. The Hall–Kier alpha value is -1.02. The third kappa shape index (κ3) is 4.69.